The molecule has 0 fully saturated rings. The summed E-state index contributed by atoms with van der Waals surface area (Å²) in [5.41, 5.74) is 0. The van der Waals surface area contributed by atoms with Gasteiger partial charge in [-0.05, 0) is 154 Å². The van der Waals surface area contributed by atoms with Crippen LogP contribution in [0.25, 0.3) is 0 Å². The summed E-state index contributed by atoms with van der Waals surface area (Å²) in [7, 11) is -10.0. The van der Waals surface area contributed by atoms with Crippen molar-refractivity contribution in [1.29, 1.82) is 0 Å². The molecule has 0 rings (SSSR count). The highest BCUT2D eigenvalue weighted by Gasteiger charge is 2.30. The number of aliphatic hydroxyl groups excluding tert-OH is 1. The molecule has 0 bridgehead atoms. The molecule has 0 aromatic carbocycles. The maximum Gasteiger partial charge on any atom is 0.472 e. The molecule has 17 nitrogen and oxygen atoms in total. The van der Waals surface area contributed by atoms with Gasteiger partial charge in [0.05, 0.1) is 26.4 Å². The van der Waals surface area contributed by atoms with Crippen molar-refractivity contribution >= 4 is 39.5 Å². The molecule has 0 aliphatic heterocycles. The van der Waals surface area contributed by atoms with E-state index in [-0.39, 0.29) is 25.7 Å². The average Bonchev–Trinajstić information content (AvgIpc) is 0.907. The first-order chi connectivity index (χ1) is 52.7. The number of aliphatic hydroxyl groups is 1. The highest BCUT2D eigenvalue weighted by Crippen LogP contribution is 2.45. The molecule has 0 aromatic rings. The number of unbranched alkanes of at least 4 members (excludes halogenated alkanes) is 25. The Balaban J connectivity index is 5.52. The SMILES string of the molecule is CC/C=C\C/C=C\C/C=C\C/C=C\C/C=C\C/C=C\CCC(=O)O[C@H](COC(=O)CCCCCCCCC/C=C\CCCCCC)COP(=O)(O)OC[C@@H](O)COP(=O)(O)OC[C@@H](COC(=O)CCCCCCCCC/C=C\CCCCCC)OC(=O)CC/C=C\C/C=C\C/C=C\C/C=C\C/C=C\CCCCC. The van der Waals surface area contributed by atoms with E-state index in [1.165, 1.54) is 70.6 Å². The van der Waals surface area contributed by atoms with E-state index in [2.05, 4.69) is 149 Å². The maximum absolute atomic E-state index is 13.1. The zero-order valence-electron chi connectivity index (χ0n) is 67.5. The van der Waals surface area contributed by atoms with E-state index in [0.29, 0.717) is 38.5 Å². The Hall–Kier alpha value is -5.32. The molecular formula is C89H148O17P2. The lowest BCUT2D eigenvalue weighted by molar-refractivity contribution is -0.161. The first-order valence-electron chi connectivity index (χ1n) is 41.7. The topological polar surface area (TPSA) is 237 Å². The molecule has 0 saturated heterocycles. The van der Waals surface area contributed by atoms with E-state index in [1.807, 2.05) is 36.5 Å². The van der Waals surface area contributed by atoms with Crippen molar-refractivity contribution in [1.82, 2.24) is 0 Å². The number of esters is 4. The average molecular weight is 1550 g/mol. The van der Waals surface area contributed by atoms with Crippen molar-refractivity contribution < 1.29 is 80.2 Å². The minimum Gasteiger partial charge on any atom is -0.462 e. The second kappa shape index (κ2) is 79.8. The standard InChI is InChI=1S/C89H148O17P2/c1-5-9-13-17-21-25-29-33-37-39-41-43-47-51-55-59-63-67-71-75-88(93)105-84(79-99-86(91)73-69-65-61-57-53-49-45-35-31-27-23-19-15-11-7-3)81-103-107(95,96)101-77-83(90)78-102-108(97,98)104-82-85(80-100-87(92)74-70-66-62-58-54-50-46-36-32-28-24-20-16-12-8-4)106-89(94)76-72-68-64-60-56-52-48-44-42-40-38-34-30-26-22-18-14-10-6-2/h9,13,21-22,25-28,31-34,37-38,41-44,51-52,55-56,63-64,67-68,83-85,90H,5-8,10-12,14-20,23-24,29-30,35-36,39-40,45-50,53-54,57-62,65-66,69-82H2,1-4H3,(H,95,96)(H,97,98)/b13-9-,25-21-,26-22-,31-27-,32-28-,37-33-,38-34-,43-41-,44-42-,55-51-,56-52-,67-63-,68-64-/t83-,84-,85-/m1/s1. The molecule has 0 spiro atoms. The van der Waals surface area contributed by atoms with Gasteiger partial charge in [-0.2, -0.15) is 0 Å². The van der Waals surface area contributed by atoms with Crippen LogP contribution in [0.2, 0.25) is 0 Å². The number of carbonyl (C=O) groups is 4. The van der Waals surface area contributed by atoms with Crippen molar-refractivity contribution in [2.45, 2.75) is 341 Å². The van der Waals surface area contributed by atoms with E-state index in [9.17, 15) is 43.2 Å². The number of hydrogen-bond donors (Lipinski definition) is 3. The van der Waals surface area contributed by atoms with Gasteiger partial charge in [0.2, 0.25) is 0 Å². The summed E-state index contributed by atoms with van der Waals surface area (Å²) in [6, 6.07) is 0. The molecule has 616 valence electrons. The molecule has 5 atom stereocenters. The fourth-order valence-electron chi connectivity index (χ4n) is 10.6. The lowest BCUT2D eigenvalue weighted by atomic mass is 10.1. The number of allylic oxidation sites excluding steroid dienone is 26. The Kier molecular flexibility index (Phi) is 75.8. The summed E-state index contributed by atoms with van der Waals surface area (Å²) < 4.78 is 68.5. The van der Waals surface area contributed by atoms with Gasteiger partial charge in [-0.25, -0.2) is 9.13 Å². The minimum atomic E-state index is -5.01. The molecule has 2 unspecified atom stereocenters. The fraction of sp³-hybridized carbons (Fsp3) is 0.663. The second-order valence-electron chi connectivity index (χ2n) is 27.3. The smallest absolute Gasteiger partial charge is 0.462 e. The van der Waals surface area contributed by atoms with Gasteiger partial charge < -0.3 is 33.8 Å². The van der Waals surface area contributed by atoms with Crippen LogP contribution >= 0.6 is 15.6 Å². The molecule has 19 heteroatoms. The van der Waals surface area contributed by atoms with Crippen LogP contribution in [0.3, 0.4) is 0 Å². The Morgan fingerprint density at radius 3 is 0.806 bits per heavy atom. The molecule has 0 heterocycles. The van der Waals surface area contributed by atoms with Gasteiger partial charge in [0.25, 0.3) is 0 Å². The second-order valence-corrected chi connectivity index (χ2v) is 30.2. The highest BCUT2D eigenvalue weighted by atomic mass is 31.2. The predicted octanol–water partition coefficient (Wildman–Crippen LogP) is 24.8. The van der Waals surface area contributed by atoms with Gasteiger partial charge in [-0.15, -0.1) is 0 Å². The summed E-state index contributed by atoms with van der Waals surface area (Å²) in [6.07, 6.45) is 93.8. The third-order valence-corrected chi connectivity index (χ3v) is 18.9. The Morgan fingerprint density at radius 2 is 0.500 bits per heavy atom. The van der Waals surface area contributed by atoms with Crippen molar-refractivity contribution in [2.75, 3.05) is 39.6 Å². The minimum absolute atomic E-state index is 0.0350. The number of phosphoric ester groups is 2. The van der Waals surface area contributed by atoms with Crippen LogP contribution in [0, 0.1) is 0 Å². The van der Waals surface area contributed by atoms with Crippen LogP contribution in [0.4, 0.5) is 0 Å². The highest BCUT2D eigenvalue weighted by molar-refractivity contribution is 7.47. The quantitative estimate of drug-likeness (QED) is 0.0169. The van der Waals surface area contributed by atoms with E-state index in [1.54, 1.807) is 0 Å². The number of carbonyl (C=O) groups excluding carboxylic acids is 4. The molecule has 108 heavy (non-hydrogen) atoms. The summed E-state index contributed by atoms with van der Waals surface area (Å²) in [5.74, 6) is -2.38. The van der Waals surface area contributed by atoms with Crippen LogP contribution in [-0.2, 0) is 65.4 Å². The lowest BCUT2D eigenvalue weighted by Crippen LogP contribution is -2.30. The van der Waals surface area contributed by atoms with E-state index in [4.69, 9.17) is 37.0 Å². The summed E-state index contributed by atoms with van der Waals surface area (Å²) >= 11 is 0. The van der Waals surface area contributed by atoms with Crippen molar-refractivity contribution in [3.8, 4) is 0 Å². The van der Waals surface area contributed by atoms with E-state index >= 15 is 0 Å². The van der Waals surface area contributed by atoms with E-state index < -0.39 is 97.5 Å². The number of phosphoric acid groups is 2. The first kappa shape index (κ1) is 103. The van der Waals surface area contributed by atoms with Crippen LogP contribution in [-0.4, -0.2) is 96.7 Å². The number of hydrogen-bond acceptors (Lipinski definition) is 15. The molecule has 0 aromatic heterocycles. The summed E-state index contributed by atoms with van der Waals surface area (Å²) in [4.78, 5) is 73.1. The number of rotatable bonds is 77. The van der Waals surface area contributed by atoms with Gasteiger partial charge in [0, 0.05) is 25.7 Å². The van der Waals surface area contributed by atoms with E-state index in [0.717, 1.165) is 161 Å². The largest absolute Gasteiger partial charge is 0.472 e. The van der Waals surface area contributed by atoms with Gasteiger partial charge in [0.1, 0.15) is 19.3 Å². The van der Waals surface area contributed by atoms with Crippen LogP contribution in [0.1, 0.15) is 323 Å². The van der Waals surface area contributed by atoms with Crippen molar-refractivity contribution in [2.24, 2.45) is 0 Å². The maximum atomic E-state index is 13.1. The summed E-state index contributed by atoms with van der Waals surface area (Å²) in [5, 5.41) is 10.7. The lowest BCUT2D eigenvalue weighted by Gasteiger charge is -2.21. The Morgan fingerprint density at radius 1 is 0.269 bits per heavy atom. The molecule has 0 aliphatic carbocycles. The van der Waals surface area contributed by atoms with Crippen LogP contribution in [0.15, 0.2) is 158 Å². The summed E-state index contributed by atoms with van der Waals surface area (Å²) in [6.45, 7) is 4.54. The third kappa shape index (κ3) is 78.8. The Bertz CT molecular complexity index is 2660. The van der Waals surface area contributed by atoms with Gasteiger partial charge >= 0.3 is 39.5 Å². The van der Waals surface area contributed by atoms with Crippen LogP contribution in [0.5, 0.6) is 0 Å². The zero-order valence-corrected chi connectivity index (χ0v) is 69.3. The fourth-order valence-corrected chi connectivity index (χ4v) is 12.2. The molecule has 0 aliphatic rings. The van der Waals surface area contributed by atoms with Crippen LogP contribution < -0.4 is 0 Å². The van der Waals surface area contributed by atoms with Gasteiger partial charge in [-0.3, -0.25) is 37.3 Å². The number of ether oxygens (including phenoxy) is 4. The molecule has 0 amide bonds. The van der Waals surface area contributed by atoms with Gasteiger partial charge in [0.15, 0.2) is 12.2 Å². The third-order valence-electron chi connectivity index (χ3n) is 17.0. The first-order valence-corrected chi connectivity index (χ1v) is 44.7. The predicted molar refractivity (Wildman–Crippen MR) is 445 cm³/mol. The molecule has 0 radical (unpaired) electrons. The van der Waals surface area contributed by atoms with Crippen molar-refractivity contribution in [3.63, 3.8) is 0 Å². The monoisotopic (exact) mass is 1550 g/mol. The normalized spacial score (nSPS) is 14.6. The Labute approximate surface area is 655 Å². The zero-order chi connectivity index (χ0) is 78.9. The molecule has 0 saturated carbocycles. The van der Waals surface area contributed by atoms with Crippen molar-refractivity contribution in [3.05, 3.63) is 158 Å². The molecular weight excluding hydrogens is 1400 g/mol. The van der Waals surface area contributed by atoms with Gasteiger partial charge in [-0.1, -0.05) is 301 Å². The molecule has 3 N–H and O–H groups in total.